The van der Waals surface area contributed by atoms with Crippen molar-refractivity contribution in [3.63, 3.8) is 0 Å². The van der Waals surface area contributed by atoms with E-state index >= 15 is 0 Å². The smallest absolute Gasteiger partial charge is 0.357 e. The number of anilines is 1. The molecule has 0 amide bonds. The highest BCUT2D eigenvalue weighted by atomic mass is 32.2. The van der Waals surface area contributed by atoms with E-state index in [-0.39, 0.29) is 28.4 Å². The number of methoxy groups -OCH3 is 1. The Balaban J connectivity index is 1.94. The molecule has 1 aromatic heterocycles. The van der Waals surface area contributed by atoms with E-state index in [0.29, 0.717) is 5.69 Å². The van der Waals surface area contributed by atoms with Gasteiger partial charge in [-0.25, -0.2) is 13.2 Å². The average molecular weight is 424 g/mol. The number of aromatic nitrogens is 1. The minimum atomic E-state index is -3.72. The standard InChI is InChI=1S/C21H20N4O4S/c1-24(13-15-6-4-3-5-7-15)30(27,28)18-10-8-17(9-11-18)25-14-16(12-22)19(23)20(25)21(26)29-2/h3-11,14H,13,23H2,1-2H3. The Morgan fingerprint density at radius 3 is 2.37 bits per heavy atom. The molecule has 0 aliphatic heterocycles. The largest absolute Gasteiger partial charge is 0.464 e. The summed E-state index contributed by atoms with van der Waals surface area (Å²) >= 11 is 0. The monoisotopic (exact) mass is 424 g/mol. The predicted octanol–water partition coefficient (Wildman–Crippen LogP) is 2.54. The van der Waals surface area contributed by atoms with Crippen molar-refractivity contribution >= 4 is 21.7 Å². The first-order valence-electron chi connectivity index (χ1n) is 8.89. The Bertz CT molecular complexity index is 1210. The van der Waals surface area contributed by atoms with E-state index < -0.39 is 16.0 Å². The van der Waals surface area contributed by atoms with Gasteiger partial charge in [-0.15, -0.1) is 0 Å². The number of nitriles is 1. The van der Waals surface area contributed by atoms with Crippen molar-refractivity contribution in [2.24, 2.45) is 0 Å². The Labute approximate surface area is 174 Å². The zero-order valence-electron chi connectivity index (χ0n) is 16.4. The average Bonchev–Trinajstić information content (AvgIpc) is 3.10. The number of esters is 1. The third kappa shape index (κ3) is 3.91. The van der Waals surface area contributed by atoms with Crippen molar-refractivity contribution in [2.75, 3.05) is 19.9 Å². The molecule has 0 spiro atoms. The highest BCUT2D eigenvalue weighted by Gasteiger charge is 2.23. The van der Waals surface area contributed by atoms with E-state index in [4.69, 9.17) is 10.5 Å². The second-order valence-corrected chi connectivity index (χ2v) is 8.56. The summed E-state index contributed by atoms with van der Waals surface area (Å²) < 4.78 is 33.2. The molecular formula is C21H20N4O4S. The lowest BCUT2D eigenvalue weighted by molar-refractivity contribution is 0.0593. The number of nitrogens with two attached hydrogens (primary N) is 1. The van der Waals surface area contributed by atoms with Crippen LogP contribution in [0.15, 0.2) is 65.7 Å². The lowest BCUT2D eigenvalue weighted by atomic mass is 10.2. The Hall–Kier alpha value is -3.61. The van der Waals surface area contributed by atoms with Crippen molar-refractivity contribution < 1.29 is 17.9 Å². The molecule has 154 valence electrons. The molecule has 0 aliphatic rings. The van der Waals surface area contributed by atoms with Crippen molar-refractivity contribution in [1.29, 1.82) is 5.26 Å². The molecule has 0 fully saturated rings. The number of nitrogens with zero attached hydrogens (tertiary/aromatic N) is 3. The fourth-order valence-corrected chi connectivity index (χ4v) is 4.16. The van der Waals surface area contributed by atoms with Crippen molar-refractivity contribution in [2.45, 2.75) is 11.4 Å². The molecule has 0 saturated carbocycles. The van der Waals surface area contributed by atoms with Crippen LogP contribution in [-0.4, -0.2) is 37.4 Å². The lowest BCUT2D eigenvalue weighted by Crippen LogP contribution is -2.26. The summed E-state index contributed by atoms with van der Waals surface area (Å²) in [5, 5.41) is 9.21. The van der Waals surface area contributed by atoms with Crippen LogP contribution >= 0.6 is 0 Å². The number of hydrogen-bond donors (Lipinski definition) is 1. The zero-order chi connectivity index (χ0) is 21.9. The number of sulfonamides is 1. The number of carbonyl (C=O) groups excluding carboxylic acids is 1. The second-order valence-electron chi connectivity index (χ2n) is 6.52. The molecule has 1 heterocycles. The molecule has 3 rings (SSSR count). The number of benzene rings is 2. The Morgan fingerprint density at radius 1 is 1.17 bits per heavy atom. The molecule has 0 atom stereocenters. The fourth-order valence-electron chi connectivity index (χ4n) is 3.00. The molecule has 0 saturated heterocycles. The van der Waals surface area contributed by atoms with Crippen molar-refractivity contribution in [1.82, 2.24) is 8.87 Å². The first-order valence-corrected chi connectivity index (χ1v) is 10.3. The van der Waals surface area contributed by atoms with Gasteiger partial charge in [-0.1, -0.05) is 30.3 Å². The lowest BCUT2D eigenvalue weighted by Gasteiger charge is -2.18. The van der Waals surface area contributed by atoms with Gasteiger partial charge in [0.05, 0.1) is 23.3 Å². The molecule has 8 nitrogen and oxygen atoms in total. The van der Waals surface area contributed by atoms with Gasteiger partial charge in [-0.05, 0) is 29.8 Å². The van der Waals surface area contributed by atoms with E-state index in [0.717, 1.165) is 5.56 Å². The molecule has 2 N–H and O–H groups in total. The van der Waals surface area contributed by atoms with Crippen LogP contribution in [0.25, 0.3) is 5.69 Å². The van der Waals surface area contributed by atoms with E-state index in [1.54, 1.807) is 0 Å². The van der Waals surface area contributed by atoms with E-state index in [1.807, 2.05) is 36.4 Å². The number of nitrogen functional groups attached to an aromatic ring is 1. The van der Waals surface area contributed by atoms with E-state index in [1.165, 1.54) is 53.5 Å². The van der Waals surface area contributed by atoms with E-state index in [2.05, 4.69) is 0 Å². The molecule has 9 heteroatoms. The van der Waals surface area contributed by atoms with Gasteiger partial charge in [0.25, 0.3) is 0 Å². The minimum Gasteiger partial charge on any atom is -0.464 e. The van der Waals surface area contributed by atoms with Crippen LogP contribution in [0.1, 0.15) is 21.6 Å². The zero-order valence-corrected chi connectivity index (χ0v) is 17.3. The minimum absolute atomic E-state index is 0.00337. The first kappa shape index (κ1) is 21.1. The topological polar surface area (TPSA) is 118 Å². The van der Waals surface area contributed by atoms with Crippen LogP contribution in [0, 0.1) is 11.3 Å². The van der Waals surface area contributed by atoms with Crippen LogP contribution in [-0.2, 0) is 21.3 Å². The van der Waals surface area contributed by atoms with Crippen LogP contribution in [0.2, 0.25) is 0 Å². The third-order valence-corrected chi connectivity index (χ3v) is 6.43. The van der Waals surface area contributed by atoms with Crippen LogP contribution in [0.5, 0.6) is 0 Å². The summed E-state index contributed by atoms with van der Waals surface area (Å²) in [4.78, 5) is 12.2. The summed E-state index contributed by atoms with van der Waals surface area (Å²) in [7, 11) is -0.996. The highest BCUT2D eigenvalue weighted by molar-refractivity contribution is 7.89. The molecule has 30 heavy (non-hydrogen) atoms. The maximum Gasteiger partial charge on any atom is 0.357 e. The SMILES string of the molecule is COC(=O)c1c(N)c(C#N)cn1-c1ccc(S(=O)(=O)N(C)Cc2ccccc2)cc1. The summed E-state index contributed by atoms with van der Waals surface area (Å²) in [5.41, 5.74) is 7.36. The van der Waals surface area contributed by atoms with Crippen LogP contribution in [0.3, 0.4) is 0 Å². The van der Waals surface area contributed by atoms with Gasteiger partial charge >= 0.3 is 5.97 Å². The van der Waals surface area contributed by atoms with Crippen LogP contribution in [0.4, 0.5) is 5.69 Å². The van der Waals surface area contributed by atoms with E-state index in [9.17, 15) is 18.5 Å². The highest BCUT2D eigenvalue weighted by Crippen LogP contribution is 2.26. The Kier molecular flexibility index (Phi) is 5.91. The number of rotatable bonds is 6. The maximum absolute atomic E-state index is 12.9. The number of carbonyl (C=O) groups is 1. The first-order chi connectivity index (χ1) is 14.3. The van der Waals surface area contributed by atoms with Gasteiger partial charge in [0.15, 0.2) is 5.69 Å². The van der Waals surface area contributed by atoms with Gasteiger partial charge in [-0.2, -0.15) is 9.57 Å². The molecule has 2 aromatic carbocycles. The van der Waals surface area contributed by atoms with Gasteiger partial charge in [0.1, 0.15) is 6.07 Å². The summed E-state index contributed by atoms with van der Waals surface area (Å²) in [6.07, 6.45) is 1.41. The molecule has 0 radical (unpaired) electrons. The molecule has 3 aromatic rings. The second kappa shape index (κ2) is 8.41. The maximum atomic E-state index is 12.9. The van der Waals surface area contributed by atoms with Crippen LogP contribution < -0.4 is 5.73 Å². The number of hydrogen-bond acceptors (Lipinski definition) is 6. The molecule has 0 bridgehead atoms. The van der Waals surface area contributed by atoms with Gasteiger partial charge in [-0.3, -0.25) is 0 Å². The normalized spacial score (nSPS) is 11.3. The Morgan fingerprint density at radius 2 is 1.80 bits per heavy atom. The molecule has 0 aliphatic carbocycles. The number of ether oxygens (including phenoxy) is 1. The third-order valence-electron chi connectivity index (χ3n) is 4.61. The van der Waals surface area contributed by atoms with Crippen molar-refractivity contribution in [3.8, 4) is 11.8 Å². The summed E-state index contributed by atoms with van der Waals surface area (Å²) in [6.45, 7) is 0.233. The van der Waals surface area contributed by atoms with Gasteiger partial charge in [0.2, 0.25) is 10.0 Å². The quantitative estimate of drug-likeness (QED) is 0.608. The van der Waals surface area contributed by atoms with Crippen molar-refractivity contribution in [3.05, 3.63) is 77.6 Å². The fraction of sp³-hybridized carbons (Fsp3) is 0.143. The molecule has 0 unspecified atom stereocenters. The summed E-state index contributed by atoms with van der Waals surface area (Å²) in [5.74, 6) is -0.701. The molecular weight excluding hydrogens is 404 g/mol. The predicted molar refractivity (Wildman–Crippen MR) is 111 cm³/mol. The van der Waals surface area contributed by atoms with Gasteiger partial charge in [0, 0.05) is 25.5 Å². The summed E-state index contributed by atoms with van der Waals surface area (Å²) in [6, 6.07) is 17.1. The van der Waals surface area contributed by atoms with Gasteiger partial charge < -0.3 is 15.0 Å².